The first kappa shape index (κ1) is 29.5. The molecule has 50 heavy (non-hydrogen) atoms. The number of para-hydroxylation sites is 2. The molecule has 0 saturated heterocycles. The Morgan fingerprint density at radius 2 is 0.620 bits per heavy atom. The van der Waals surface area contributed by atoms with Crippen LogP contribution in [0.25, 0.3) is 60.9 Å². The van der Waals surface area contributed by atoms with Gasteiger partial charge in [0.1, 0.15) is 0 Å². The summed E-state index contributed by atoms with van der Waals surface area (Å²) in [6, 6.07) is 74.0. The van der Waals surface area contributed by atoms with Gasteiger partial charge in [-0.2, -0.15) is 0 Å². The minimum atomic E-state index is 1.12. The highest BCUT2D eigenvalue weighted by Crippen LogP contribution is 2.39. The minimum Gasteiger partial charge on any atom is -0.311 e. The van der Waals surface area contributed by atoms with Crippen LogP contribution < -0.4 is 4.90 Å². The Balaban J connectivity index is 1.16. The fraction of sp³-hybridized carbons (Fsp3) is 0. The third kappa shape index (κ3) is 5.43. The second-order valence-electron chi connectivity index (χ2n) is 12.6. The first-order chi connectivity index (χ1) is 24.8. The first-order valence-corrected chi connectivity index (χ1v) is 17.1. The van der Waals surface area contributed by atoms with Gasteiger partial charge in [0, 0.05) is 33.5 Å². The first-order valence-electron chi connectivity index (χ1n) is 17.1. The van der Waals surface area contributed by atoms with Crippen molar-refractivity contribution < 1.29 is 0 Å². The van der Waals surface area contributed by atoms with Gasteiger partial charge in [0.05, 0.1) is 11.0 Å². The summed E-state index contributed by atoms with van der Waals surface area (Å²) < 4.78 is 2.40. The second kappa shape index (κ2) is 12.8. The van der Waals surface area contributed by atoms with Crippen molar-refractivity contribution in [1.29, 1.82) is 0 Å². The Bertz CT molecular complexity index is 2500. The van der Waals surface area contributed by atoms with Crippen molar-refractivity contribution in [2.45, 2.75) is 0 Å². The average molecular weight is 639 g/mol. The lowest BCUT2D eigenvalue weighted by atomic mass is 10.00. The lowest BCUT2D eigenvalue weighted by Crippen LogP contribution is -2.09. The van der Waals surface area contributed by atoms with Crippen molar-refractivity contribution in [3.63, 3.8) is 0 Å². The number of benzene rings is 8. The summed E-state index contributed by atoms with van der Waals surface area (Å²) >= 11 is 0. The van der Waals surface area contributed by atoms with Gasteiger partial charge in [-0.05, 0) is 106 Å². The van der Waals surface area contributed by atoms with Crippen LogP contribution in [-0.4, -0.2) is 4.57 Å². The summed E-state index contributed by atoms with van der Waals surface area (Å²) in [7, 11) is 0. The van der Waals surface area contributed by atoms with Crippen LogP contribution in [0.4, 0.5) is 17.1 Å². The van der Waals surface area contributed by atoms with Crippen molar-refractivity contribution >= 4 is 38.9 Å². The SMILES string of the molecule is c1ccc(-c2ccc(-n3c4ccc(-c5ccccc5)cc4c4cc(-c5ccc(N(c6ccccc6)c6ccccc6)cc5)ccc43)cc2)cc1. The molecule has 9 aromatic rings. The van der Waals surface area contributed by atoms with Crippen molar-refractivity contribution in [2.75, 3.05) is 4.90 Å². The van der Waals surface area contributed by atoms with Crippen LogP contribution in [0.3, 0.4) is 0 Å². The molecule has 0 spiro atoms. The largest absolute Gasteiger partial charge is 0.311 e. The molecule has 1 aromatic heterocycles. The molecular formula is C48H34N2. The van der Waals surface area contributed by atoms with E-state index in [4.69, 9.17) is 0 Å². The van der Waals surface area contributed by atoms with Crippen LogP contribution in [0.2, 0.25) is 0 Å². The average Bonchev–Trinajstić information content (AvgIpc) is 3.53. The van der Waals surface area contributed by atoms with E-state index in [1.165, 1.54) is 55.2 Å². The normalized spacial score (nSPS) is 11.2. The Labute approximate surface area is 292 Å². The topological polar surface area (TPSA) is 8.17 Å². The summed E-state index contributed by atoms with van der Waals surface area (Å²) in [5.74, 6) is 0. The minimum absolute atomic E-state index is 1.12. The number of nitrogens with zero attached hydrogens (tertiary/aromatic N) is 2. The van der Waals surface area contributed by atoms with E-state index >= 15 is 0 Å². The van der Waals surface area contributed by atoms with Crippen molar-refractivity contribution in [1.82, 2.24) is 4.57 Å². The van der Waals surface area contributed by atoms with Gasteiger partial charge >= 0.3 is 0 Å². The maximum absolute atomic E-state index is 2.40. The number of anilines is 3. The molecule has 8 aromatic carbocycles. The molecule has 2 heteroatoms. The van der Waals surface area contributed by atoms with E-state index in [2.05, 4.69) is 216 Å². The van der Waals surface area contributed by atoms with Crippen LogP contribution in [-0.2, 0) is 0 Å². The van der Waals surface area contributed by atoms with Crippen molar-refractivity contribution in [3.8, 4) is 39.1 Å². The molecule has 0 aliphatic rings. The molecule has 236 valence electrons. The van der Waals surface area contributed by atoms with Crippen molar-refractivity contribution in [2.24, 2.45) is 0 Å². The number of aromatic nitrogens is 1. The van der Waals surface area contributed by atoms with Crippen LogP contribution in [0.5, 0.6) is 0 Å². The molecule has 0 N–H and O–H groups in total. The highest BCUT2D eigenvalue weighted by molar-refractivity contribution is 6.11. The standard InChI is InChI=1S/C48H34N2/c1-5-13-35(14-6-1)37-21-29-44(30-22-37)50-47-31-25-39(36-15-7-2-8-16-36)33-45(47)46-34-40(26-32-48(46)50)38-23-27-43(28-24-38)49(41-17-9-3-10-18-41)42-19-11-4-12-20-42/h1-34H. The highest BCUT2D eigenvalue weighted by atomic mass is 15.1. The van der Waals surface area contributed by atoms with Gasteiger partial charge in [-0.25, -0.2) is 0 Å². The van der Waals surface area contributed by atoms with Crippen LogP contribution in [0.1, 0.15) is 0 Å². The zero-order valence-corrected chi connectivity index (χ0v) is 27.5. The summed E-state index contributed by atoms with van der Waals surface area (Å²) in [6.45, 7) is 0. The molecule has 0 fully saturated rings. The van der Waals surface area contributed by atoms with E-state index in [0.717, 1.165) is 22.7 Å². The van der Waals surface area contributed by atoms with Gasteiger partial charge in [0.15, 0.2) is 0 Å². The fourth-order valence-corrected chi connectivity index (χ4v) is 7.13. The van der Waals surface area contributed by atoms with E-state index in [-0.39, 0.29) is 0 Å². The molecule has 0 bridgehead atoms. The number of fused-ring (bicyclic) bond motifs is 3. The Kier molecular flexibility index (Phi) is 7.53. The predicted octanol–water partition coefficient (Wildman–Crippen LogP) is 13.3. The predicted molar refractivity (Wildman–Crippen MR) is 212 cm³/mol. The van der Waals surface area contributed by atoms with Crippen molar-refractivity contribution in [3.05, 3.63) is 206 Å². The van der Waals surface area contributed by atoms with Gasteiger partial charge in [0.2, 0.25) is 0 Å². The fourth-order valence-electron chi connectivity index (χ4n) is 7.13. The quantitative estimate of drug-likeness (QED) is 0.169. The summed E-state index contributed by atoms with van der Waals surface area (Å²) in [4.78, 5) is 2.30. The van der Waals surface area contributed by atoms with E-state index in [0.29, 0.717) is 0 Å². The van der Waals surface area contributed by atoms with Crippen LogP contribution in [0.15, 0.2) is 206 Å². The van der Waals surface area contributed by atoms with Crippen LogP contribution in [0, 0.1) is 0 Å². The Morgan fingerprint density at radius 3 is 1.10 bits per heavy atom. The zero-order valence-electron chi connectivity index (χ0n) is 27.5. The lowest BCUT2D eigenvalue weighted by Gasteiger charge is -2.25. The molecule has 1 heterocycles. The third-order valence-corrected chi connectivity index (χ3v) is 9.59. The molecular weight excluding hydrogens is 605 g/mol. The van der Waals surface area contributed by atoms with Crippen LogP contribution >= 0.6 is 0 Å². The van der Waals surface area contributed by atoms with Gasteiger partial charge in [-0.3, -0.25) is 0 Å². The number of hydrogen-bond acceptors (Lipinski definition) is 1. The molecule has 0 radical (unpaired) electrons. The van der Waals surface area contributed by atoms with E-state index in [1.807, 2.05) is 0 Å². The third-order valence-electron chi connectivity index (χ3n) is 9.59. The molecule has 2 nitrogen and oxygen atoms in total. The molecule has 0 atom stereocenters. The zero-order chi connectivity index (χ0) is 33.3. The molecule has 9 rings (SSSR count). The molecule has 0 amide bonds. The maximum atomic E-state index is 2.40. The van der Waals surface area contributed by atoms with Gasteiger partial charge in [-0.15, -0.1) is 0 Å². The van der Waals surface area contributed by atoms with E-state index in [9.17, 15) is 0 Å². The molecule has 0 aliphatic carbocycles. The van der Waals surface area contributed by atoms with Gasteiger partial charge in [0.25, 0.3) is 0 Å². The number of rotatable bonds is 7. The Hall–Kier alpha value is -6.64. The summed E-state index contributed by atoms with van der Waals surface area (Å²) in [5, 5.41) is 2.48. The molecule has 0 unspecified atom stereocenters. The van der Waals surface area contributed by atoms with Gasteiger partial charge < -0.3 is 9.47 Å². The Morgan fingerprint density at radius 1 is 0.280 bits per heavy atom. The monoisotopic (exact) mass is 638 g/mol. The van der Waals surface area contributed by atoms with E-state index in [1.54, 1.807) is 0 Å². The van der Waals surface area contributed by atoms with E-state index < -0.39 is 0 Å². The summed E-state index contributed by atoms with van der Waals surface area (Å²) in [5.41, 5.74) is 14.2. The highest BCUT2D eigenvalue weighted by Gasteiger charge is 2.16. The maximum Gasteiger partial charge on any atom is 0.0541 e. The molecule has 0 aliphatic heterocycles. The molecule has 0 saturated carbocycles. The smallest absolute Gasteiger partial charge is 0.0541 e. The lowest BCUT2D eigenvalue weighted by molar-refractivity contribution is 1.18. The number of hydrogen-bond donors (Lipinski definition) is 0. The second-order valence-corrected chi connectivity index (χ2v) is 12.6. The van der Waals surface area contributed by atoms with Gasteiger partial charge in [-0.1, -0.05) is 133 Å². The summed E-state index contributed by atoms with van der Waals surface area (Å²) in [6.07, 6.45) is 0.